The molecule has 116 valence electrons. The second-order valence-corrected chi connectivity index (χ2v) is 5.29. The van der Waals surface area contributed by atoms with Crippen LogP contribution < -0.4 is 5.32 Å². The van der Waals surface area contributed by atoms with Crippen molar-refractivity contribution in [3.05, 3.63) is 53.5 Å². The summed E-state index contributed by atoms with van der Waals surface area (Å²) in [6, 6.07) is 3.47. The number of amides is 1. The summed E-state index contributed by atoms with van der Waals surface area (Å²) in [6.45, 7) is 5.32. The van der Waals surface area contributed by atoms with Gasteiger partial charge in [-0.15, -0.1) is 0 Å². The van der Waals surface area contributed by atoms with Crippen molar-refractivity contribution >= 4 is 12.0 Å². The minimum atomic E-state index is -1.19. The summed E-state index contributed by atoms with van der Waals surface area (Å²) in [5.41, 5.74) is 0.114. The molecule has 1 amide bonds. The number of aromatic nitrogens is 2. The van der Waals surface area contributed by atoms with Crippen LogP contribution in [0.4, 0.5) is 0 Å². The number of aliphatic hydroxyl groups is 1. The summed E-state index contributed by atoms with van der Waals surface area (Å²) in [5.74, 6) is 1.06. The number of furan rings is 1. The molecule has 0 aliphatic heterocycles. The Hall–Kier alpha value is -2.47. The molecular formula is C16H19N3O3. The summed E-state index contributed by atoms with van der Waals surface area (Å²) in [6.07, 6.45) is 5.95. The number of carbonyl (C=O) groups excluding carboxylic acids is 1. The van der Waals surface area contributed by atoms with E-state index in [1.165, 1.54) is 12.4 Å². The third kappa shape index (κ3) is 4.02. The van der Waals surface area contributed by atoms with Crippen molar-refractivity contribution in [2.75, 3.05) is 6.54 Å². The second-order valence-electron chi connectivity index (χ2n) is 5.29. The molecule has 22 heavy (non-hydrogen) atoms. The van der Waals surface area contributed by atoms with Crippen LogP contribution in [0.15, 0.2) is 35.2 Å². The van der Waals surface area contributed by atoms with Crippen LogP contribution in [-0.2, 0) is 10.4 Å². The fourth-order valence-electron chi connectivity index (χ4n) is 2.14. The lowest BCUT2D eigenvalue weighted by Gasteiger charge is -2.22. The molecule has 0 radical (unpaired) electrons. The molecule has 2 rings (SSSR count). The van der Waals surface area contributed by atoms with Crippen molar-refractivity contribution in [1.82, 2.24) is 15.3 Å². The fraction of sp³-hybridized carbons (Fsp3) is 0.312. The Labute approximate surface area is 128 Å². The van der Waals surface area contributed by atoms with Gasteiger partial charge in [0.05, 0.1) is 12.2 Å². The first-order valence-corrected chi connectivity index (χ1v) is 6.90. The molecule has 0 fully saturated rings. The minimum absolute atomic E-state index is 0.0831. The molecule has 0 saturated carbocycles. The molecule has 6 heteroatoms. The molecule has 0 aliphatic carbocycles. The van der Waals surface area contributed by atoms with Crippen LogP contribution in [0, 0.1) is 13.8 Å². The maximum atomic E-state index is 11.8. The highest BCUT2D eigenvalue weighted by Gasteiger charge is 2.27. The van der Waals surface area contributed by atoms with Crippen LogP contribution in [0.5, 0.6) is 0 Å². The molecule has 2 aromatic heterocycles. The number of hydrogen-bond donors (Lipinski definition) is 2. The largest absolute Gasteiger partial charge is 0.466 e. The highest BCUT2D eigenvalue weighted by atomic mass is 16.3. The maximum Gasteiger partial charge on any atom is 0.244 e. The minimum Gasteiger partial charge on any atom is -0.466 e. The summed E-state index contributed by atoms with van der Waals surface area (Å²) in [7, 11) is 0. The smallest absolute Gasteiger partial charge is 0.244 e. The number of hydrogen-bond acceptors (Lipinski definition) is 5. The van der Waals surface area contributed by atoms with E-state index in [0.717, 1.165) is 5.76 Å². The van der Waals surface area contributed by atoms with E-state index < -0.39 is 5.60 Å². The quantitative estimate of drug-likeness (QED) is 0.821. The van der Waals surface area contributed by atoms with Gasteiger partial charge in [-0.05, 0) is 39.0 Å². The summed E-state index contributed by atoms with van der Waals surface area (Å²) in [5, 5.41) is 13.2. The monoisotopic (exact) mass is 301 g/mol. The molecule has 0 bridgehead atoms. The van der Waals surface area contributed by atoms with Gasteiger partial charge >= 0.3 is 0 Å². The van der Waals surface area contributed by atoms with E-state index in [2.05, 4.69) is 15.3 Å². The first kappa shape index (κ1) is 15.9. The van der Waals surface area contributed by atoms with Crippen LogP contribution in [-0.4, -0.2) is 27.5 Å². The van der Waals surface area contributed by atoms with Gasteiger partial charge in [-0.2, -0.15) is 0 Å². The third-order valence-electron chi connectivity index (χ3n) is 3.24. The van der Waals surface area contributed by atoms with Gasteiger partial charge in [-0.25, -0.2) is 9.97 Å². The third-order valence-corrected chi connectivity index (χ3v) is 3.24. The standard InChI is InChI=1S/C16H19N3O3/c1-11-8-14(12(2)22-11)16(3,21)9-18-15(20)5-4-13-6-7-17-10-19-13/h4-8,10,21H,9H2,1-3H3,(H,18,20)/b5-4+. The summed E-state index contributed by atoms with van der Waals surface area (Å²) in [4.78, 5) is 19.6. The van der Waals surface area contributed by atoms with E-state index in [-0.39, 0.29) is 12.5 Å². The van der Waals surface area contributed by atoms with Gasteiger partial charge in [0, 0.05) is 17.8 Å². The normalized spacial score (nSPS) is 14.0. The highest BCUT2D eigenvalue weighted by molar-refractivity contribution is 5.91. The summed E-state index contributed by atoms with van der Waals surface area (Å²) < 4.78 is 5.41. The van der Waals surface area contributed by atoms with Crippen LogP contribution in [0.1, 0.15) is 29.7 Å². The number of nitrogens with zero attached hydrogens (tertiary/aromatic N) is 2. The zero-order valence-corrected chi connectivity index (χ0v) is 12.8. The molecule has 2 N–H and O–H groups in total. The van der Waals surface area contributed by atoms with Gasteiger partial charge in [0.15, 0.2) is 0 Å². The van der Waals surface area contributed by atoms with Crippen molar-refractivity contribution in [3.63, 3.8) is 0 Å². The van der Waals surface area contributed by atoms with Crippen LogP contribution in [0.3, 0.4) is 0 Å². The molecule has 2 heterocycles. The first-order chi connectivity index (χ1) is 10.4. The number of carbonyl (C=O) groups is 1. The van der Waals surface area contributed by atoms with Gasteiger partial charge in [-0.1, -0.05) is 0 Å². The van der Waals surface area contributed by atoms with Gasteiger partial charge in [0.1, 0.15) is 23.4 Å². The zero-order chi connectivity index (χ0) is 16.2. The molecule has 0 spiro atoms. The summed E-state index contributed by atoms with van der Waals surface area (Å²) >= 11 is 0. The van der Waals surface area contributed by atoms with E-state index in [1.54, 1.807) is 38.3 Å². The Kier molecular flexibility index (Phi) is 4.72. The Morgan fingerprint density at radius 2 is 2.27 bits per heavy atom. The van der Waals surface area contributed by atoms with Crippen molar-refractivity contribution in [1.29, 1.82) is 0 Å². The van der Waals surface area contributed by atoms with Gasteiger partial charge in [0.2, 0.25) is 5.91 Å². The fourth-order valence-corrected chi connectivity index (χ4v) is 2.14. The van der Waals surface area contributed by atoms with Crippen LogP contribution >= 0.6 is 0 Å². The van der Waals surface area contributed by atoms with Crippen molar-refractivity contribution < 1.29 is 14.3 Å². The Morgan fingerprint density at radius 3 is 2.86 bits per heavy atom. The first-order valence-electron chi connectivity index (χ1n) is 6.90. The molecule has 6 nitrogen and oxygen atoms in total. The van der Waals surface area contributed by atoms with Crippen LogP contribution in [0.25, 0.3) is 6.08 Å². The average molecular weight is 301 g/mol. The van der Waals surface area contributed by atoms with Crippen molar-refractivity contribution in [3.8, 4) is 0 Å². The van der Waals surface area contributed by atoms with Gasteiger partial charge in [-0.3, -0.25) is 4.79 Å². The predicted molar refractivity (Wildman–Crippen MR) is 81.8 cm³/mol. The Bertz CT molecular complexity index is 675. The Morgan fingerprint density at radius 1 is 1.50 bits per heavy atom. The van der Waals surface area contributed by atoms with E-state index in [4.69, 9.17) is 4.42 Å². The van der Waals surface area contributed by atoms with Crippen molar-refractivity contribution in [2.24, 2.45) is 0 Å². The number of rotatable bonds is 5. The van der Waals surface area contributed by atoms with Crippen molar-refractivity contribution in [2.45, 2.75) is 26.4 Å². The Balaban J connectivity index is 1.95. The number of nitrogens with one attached hydrogen (secondary N) is 1. The van der Waals surface area contributed by atoms with E-state index in [0.29, 0.717) is 17.0 Å². The molecule has 0 aromatic carbocycles. The van der Waals surface area contributed by atoms with E-state index >= 15 is 0 Å². The predicted octanol–water partition coefficient (Wildman–Crippen LogP) is 1.72. The van der Waals surface area contributed by atoms with E-state index in [1.807, 2.05) is 6.92 Å². The molecule has 0 aliphatic rings. The topological polar surface area (TPSA) is 88.2 Å². The zero-order valence-electron chi connectivity index (χ0n) is 12.8. The van der Waals surface area contributed by atoms with Crippen LogP contribution in [0.2, 0.25) is 0 Å². The van der Waals surface area contributed by atoms with Gasteiger partial charge < -0.3 is 14.8 Å². The number of aryl methyl sites for hydroxylation is 2. The maximum absolute atomic E-state index is 11.8. The molecule has 0 saturated heterocycles. The van der Waals surface area contributed by atoms with E-state index in [9.17, 15) is 9.90 Å². The molecular weight excluding hydrogens is 282 g/mol. The molecule has 1 atom stereocenters. The lowest BCUT2D eigenvalue weighted by Crippen LogP contribution is -2.38. The average Bonchev–Trinajstić information content (AvgIpc) is 2.84. The SMILES string of the molecule is Cc1cc(C(C)(O)CNC(=O)/C=C/c2ccncn2)c(C)o1. The molecule has 2 aromatic rings. The second kappa shape index (κ2) is 6.53. The lowest BCUT2D eigenvalue weighted by atomic mass is 9.96. The highest BCUT2D eigenvalue weighted by Crippen LogP contribution is 2.26. The lowest BCUT2D eigenvalue weighted by molar-refractivity contribution is -0.117. The van der Waals surface area contributed by atoms with Gasteiger partial charge in [0.25, 0.3) is 0 Å². The molecule has 1 unspecified atom stereocenters.